The number of halogens is 1. The van der Waals surface area contributed by atoms with E-state index in [1.54, 1.807) is 18.2 Å². The van der Waals surface area contributed by atoms with Crippen LogP contribution in [-0.2, 0) is 0 Å². The van der Waals surface area contributed by atoms with E-state index in [-0.39, 0.29) is 17.2 Å². The summed E-state index contributed by atoms with van der Waals surface area (Å²) in [6.07, 6.45) is 1.49. The number of H-pyrrole nitrogens is 1. The number of aromatic amines is 1. The minimum Gasteiger partial charge on any atom is -0.380 e. The van der Waals surface area contributed by atoms with Crippen LogP contribution in [0.2, 0.25) is 0 Å². The van der Waals surface area contributed by atoms with Gasteiger partial charge in [0.1, 0.15) is 5.82 Å². The van der Waals surface area contributed by atoms with Crippen LogP contribution >= 0.6 is 0 Å². The number of nitrogens with two attached hydrogens (primary N) is 1. The molecule has 0 aliphatic carbocycles. The summed E-state index contributed by atoms with van der Waals surface area (Å²) in [5.74, 6) is 0.0880. The van der Waals surface area contributed by atoms with Gasteiger partial charge in [-0.1, -0.05) is 17.3 Å². The minimum atomic E-state index is -0.389. The van der Waals surface area contributed by atoms with Crippen LogP contribution in [0.15, 0.2) is 51.9 Å². The molecule has 3 rings (SSSR count). The van der Waals surface area contributed by atoms with Crippen LogP contribution in [0, 0.1) is 5.82 Å². The van der Waals surface area contributed by atoms with Crippen molar-refractivity contribution in [3.8, 4) is 22.5 Å². The first-order chi connectivity index (χ1) is 9.65. The lowest BCUT2D eigenvalue weighted by Crippen LogP contribution is -2.02. The molecule has 3 aromatic rings. The van der Waals surface area contributed by atoms with E-state index in [9.17, 15) is 9.18 Å². The first kappa shape index (κ1) is 12.2. The van der Waals surface area contributed by atoms with Crippen molar-refractivity contribution >= 4 is 5.82 Å². The van der Waals surface area contributed by atoms with Gasteiger partial charge in [-0.25, -0.2) is 4.39 Å². The third kappa shape index (κ3) is 2.07. The molecule has 0 radical (unpaired) electrons. The molecule has 2 aromatic heterocycles. The predicted octanol–water partition coefficient (Wildman–Crippen LogP) is 2.42. The van der Waals surface area contributed by atoms with Crippen molar-refractivity contribution in [2.75, 3.05) is 5.73 Å². The second kappa shape index (κ2) is 4.65. The van der Waals surface area contributed by atoms with E-state index >= 15 is 0 Å². The number of rotatable bonds is 2. The summed E-state index contributed by atoms with van der Waals surface area (Å²) >= 11 is 0. The Morgan fingerprint density at radius 2 is 2.05 bits per heavy atom. The Bertz CT molecular complexity index is 823. The molecule has 0 saturated heterocycles. The Balaban J connectivity index is 2.22. The van der Waals surface area contributed by atoms with Gasteiger partial charge < -0.3 is 15.2 Å². The SMILES string of the molecule is Nc1noc(-c2cc[nH]c(=O)c2)c1-c1cccc(F)c1. The molecule has 0 aliphatic heterocycles. The van der Waals surface area contributed by atoms with Crippen molar-refractivity contribution in [1.82, 2.24) is 10.1 Å². The topological polar surface area (TPSA) is 84.9 Å². The summed E-state index contributed by atoms with van der Waals surface area (Å²) in [4.78, 5) is 13.9. The van der Waals surface area contributed by atoms with Gasteiger partial charge in [-0.15, -0.1) is 0 Å². The molecule has 0 fully saturated rings. The molecule has 0 atom stereocenters. The number of aromatic nitrogens is 2. The van der Waals surface area contributed by atoms with E-state index in [1.165, 1.54) is 24.4 Å². The van der Waals surface area contributed by atoms with Crippen molar-refractivity contribution in [1.29, 1.82) is 0 Å². The molecule has 6 heteroatoms. The highest BCUT2D eigenvalue weighted by Gasteiger charge is 2.18. The number of anilines is 1. The summed E-state index contributed by atoms with van der Waals surface area (Å²) in [6.45, 7) is 0. The van der Waals surface area contributed by atoms with Crippen LogP contribution in [0.25, 0.3) is 22.5 Å². The zero-order chi connectivity index (χ0) is 14.1. The van der Waals surface area contributed by atoms with Gasteiger partial charge in [-0.2, -0.15) is 0 Å². The number of nitrogen functional groups attached to an aromatic ring is 1. The quantitative estimate of drug-likeness (QED) is 0.749. The average Bonchev–Trinajstić information content (AvgIpc) is 2.80. The molecule has 5 nitrogen and oxygen atoms in total. The monoisotopic (exact) mass is 271 g/mol. The van der Waals surface area contributed by atoms with Gasteiger partial charge in [0.05, 0.1) is 5.56 Å². The molecule has 1 aromatic carbocycles. The molecule has 0 spiro atoms. The van der Waals surface area contributed by atoms with Gasteiger partial charge in [0.25, 0.3) is 0 Å². The first-order valence-corrected chi connectivity index (χ1v) is 5.85. The molecule has 0 bridgehead atoms. The van der Waals surface area contributed by atoms with Gasteiger partial charge in [0.15, 0.2) is 11.6 Å². The predicted molar refractivity (Wildman–Crippen MR) is 72.4 cm³/mol. The number of pyridine rings is 1. The largest absolute Gasteiger partial charge is 0.380 e. The van der Waals surface area contributed by atoms with Crippen molar-refractivity contribution in [3.05, 3.63) is 58.8 Å². The molecule has 0 aliphatic rings. The summed E-state index contributed by atoms with van der Waals surface area (Å²) < 4.78 is 18.5. The molecule has 0 saturated carbocycles. The lowest BCUT2D eigenvalue weighted by Gasteiger charge is -2.02. The van der Waals surface area contributed by atoms with Crippen LogP contribution in [0.5, 0.6) is 0 Å². The van der Waals surface area contributed by atoms with E-state index < -0.39 is 0 Å². The normalized spacial score (nSPS) is 10.7. The highest BCUT2D eigenvalue weighted by molar-refractivity contribution is 5.86. The zero-order valence-electron chi connectivity index (χ0n) is 10.3. The maximum atomic E-state index is 13.3. The zero-order valence-corrected chi connectivity index (χ0v) is 10.3. The molecule has 100 valence electrons. The van der Waals surface area contributed by atoms with E-state index in [4.69, 9.17) is 10.3 Å². The van der Waals surface area contributed by atoms with E-state index in [2.05, 4.69) is 10.1 Å². The highest BCUT2D eigenvalue weighted by Crippen LogP contribution is 2.36. The molecule has 0 unspecified atom stereocenters. The summed E-state index contributed by atoms with van der Waals surface area (Å²) in [6, 6.07) is 8.95. The Labute approximate surface area is 112 Å². The number of nitrogens with zero attached hydrogens (tertiary/aromatic N) is 1. The lowest BCUT2D eigenvalue weighted by atomic mass is 10.0. The Morgan fingerprint density at radius 3 is 2.80 bits per heavy atom. The second-order valence-electron chi connectivity index (χ2n) is 4.22. The third-order valence-electron chi connectivity index (χ3n) is 2.87. The maximum absolute atomic E-state index is 13.3. The van der Waals surface area contributed by atoms with E-state index in [0.717, 1.165) is 0 Å². The smallest absolute Gasteiger partial charge is 0.248 e. The number of hydrogen-bond acceptors (Lipinski definition) is 4. The fourth-order valence-corrected chi connectivity index (χ4v) is 2.01. The Kier molecular flexibility index (Phi) is 2.83. The molecular formula is C14H10FN3O2. The Hall–Kier alpha value is -2.89. The average molecular weight is 271 g/mol. The molecule has 2 heterocycles. The van der Waals surface area contributed by atoms with Gasteiger partial charge in [-0.05, 0) is 23.8 Å². The molecule has 3 N–H and O–H groups in total. The summed E-state index contributed by atoms with van der Waals surface area (Å²) in [5, 5.41) is 3.70. The van der Waals surface area contributed by atoms with Crippen molar-refractivity contribution in [2.45, 2.75) is 0 Å². The highest BCUT2D eigenvalue weighted by atomic mass is 19.1. The number of hydrogen-bond donors (Lipinski definition) is 2. The first-order valence-electron chi connectivity index (χ1n) is 5.85. The Morgan fingerprint density at radius 1 is 1.20 bits per heavy atom. The number of nitrogens with one attached hydrogen (secondary N) is 1. The summed E-state index contributed by atoms with van der Waals surface area (Å²) in [5.41, 5.74) is 7.04. The lowest BCUT2D eigenvalue weighted by molar-refractivity contribution is 0.436. The van der Waals surface area contributed by atoms with Crippen LogP contribution < -0.4 is 11.3 Å². The van der Waals surface area contributed by atoms with Crippen molar-refractivity contribution in [3.63, 3.8) is 0 Å². The number of benzene rings is 1. The fraction of sp³-hybridized carbons (Fsp3) is 0. The van der Waals surface area contributed by atoms with Crippen LogP contribution in [0.3, 0.4) is 0 Å². The van der Waals surface area contributed by atoms with Crippen LogP contribution in [-0.4, -0.2) is 10.1 Å². The molecule has 20 heavy (non-hydrogen) atoms. The van der Waals surface area contributed by atoms with Crippen LogP contribution in [0.1, 0.15) is 0 Å². The summed E-state index contributed by atoms with van der Waals surface area (Å²) in [7, 11) is 0. The van der Waals surface area contributed by atoms with Gasteiger partial charge in [-0.3, -0.25) is 4.79 Å². The molecular weight excluding hydrogens is 261 g/mol. The van der Waals surface area contributed by atoms with Gasteiger partial charge in [0.2, 0.25) is 5.56 Å². The van der Waals surface area contributed by atoms with Crippen molar-refractivity contribution in [2.24, 2.45) is 0 Å². The van der Waals surface area contributed by atoms with Crippen molar-refractivity contribution < 1.29 is 8.91 Å². The maximum Gasteiger partial charge on any atom is 0.248 e. The van der Waals surface area contributed by atoms with E-state index in [1.807, 2.05) is 0 Å². The van der Waals surface area contributed by atoms with Gasteiger partial charge in [0, 0.05) is 17.8 Å². The van der Waals surface area contributed by atoms with Gasteiger partial charge >= 0.3 is 0 Å². The standard InChI is InChI=1S/C14H10FN3O2/c15-10-3-1-2-8(6-10)12-13(20-18-14(12)16)9-4-5-17-11(19)7-9/h1-7H,(H2,16,18)(H,17,19). The van der Waals surface area contributed by atoms with Crippen LogP contribution in [0.4, 0.5) is 10.2 Å². The van der Waals surface area contributed by atoms with E-state index in [0.29, 0.717) is 22.5 Å². The minimum absolute atomic E-state index is 0.144. The molecule has 0 amide bonds. The fourth-order valence-electron chi connectivity index (χ4n) is 2.01. The third-order valence-corrected chi connectivity index (χ3v) is 2.87. The second-order valence-corrected chi connectivity index (χ2v) is 4.22.